The third-order valence-corrected chi connectivity index (χ3v) is 2.04. The van der Waals surface area contributed by atoms with Gasteiger partial charge in [0.1, 0.15) is 11.6 Å². The lowest BCUT2D eigenvalue weighted by atomic mass is 10.1. The van der Waals surface area contributed by atoms with Crippen molar-refractivity contribution in [2.45, 2.75) is 6.42 Å². The number of Topliss-reactive ketones (excluding diaryl/α,β-unsaturated/α-hetero) is 2. The van der Waals surface area contributed by atoms with E-state index in [-0.39, 0.29) is 11.3 Å². The Balaban J connectivity index is 2.90. The Morgan fingerprint density at radius 2 is 2.00 bits per heavy atom. The van der Waals surface area contributed by atoms with Crippen molar-refractivity contribution in [3.05, 3.63) is 29.6 Å². The maximum absolute atomic E-state index is 13.4. The third-order valence-electron chi connectivity index (χ3n) is 2.04. The highest BCUT2D eigenvalue weighted by molar-refractivity contribution is 6.37. The van der Waals surface area contributed by atoms with Gasteiger partial charge in [0, 0.05) is 6.07 Å². The summed E-state index contributed by atoms with van der Waals surface area (Å²) in [6, 6.07) is 3.48. The zero-order chi connectivity index (χ0) is 13.0. The summed E-state index contributed by atoms with van der Waals surface area (Å²) >= 11 is 0. The minimum Gasteiger partial charge on any atom is -0.497 e. The fraction of sp³-hybridized carbons (Fsp3) is 0.182. The minimum absolute atomic E-state index is 0.226. The quantitative estimate of drug-likeness (QED) is 0.473. The molecule has 1 aromatic rings. The summed E-state index contributed by atoms with van der Waals surface area (Å²) in [6.07, 6.45) is -0.863. The lowest BCUT2D eigenvalue weighted by molar-refractivity contribution is -0.148. The monoisotopic (exact) mass is 240 g/mol. The molecule has 0 unspecified atom stereocenters. The third kappa shape index (κ3) is 3.10. The average Bonchev–Trinajstić information content (AvgIpc) is 2.28. The van der Waals surface area contributed by atoms with Gasteiger partial charge in [-0.1, -0.05) is 0 Å². The van der Waals surface area contributed by atoms with Gasteiger partial charge < -0.3 is 9.84 Å². The maximum atomic E-state index is 13.4. The second-order valence-corrected chi connectivity index (χ2v) is 3.17. The van der Waals surface area contributed by atoms with Crippen molar-refractivity contribution < 1.29 is 28.6 Å². The lowest BCUT2D eigenvalue weighted by Gasteiger charge is -2.03. The van der Waals surface area contributed by atoms with Crippen LogP contribution in [-0.2, 0) is 9.59 Å². The molecule has 1 rings (SSSR count). The number of carboxylic acid groups (broad SMARTS) is 1. The van der Waals surface area contributed by atoms with Crippen LogP contribution in [0.1, 0.15) is 16.8 Å². The van der Waals surface area contributed by atoms with Crippen LogP contribution in [0.3, 0.4) is 0 Å². The molecule has 0 saturated carbocycles. The number of aliphatic carboxylic acids is 1. The highest BCUT2D eigenvalue weighted by Gasteiger charge is 2.20. The molecule has 6 heteroatoms. The van der Waals surface area contributed by atoms with E-state index in [2.05, 4.69) is 0 Å². The molecule has 0 heterocycles. The number of ketones is 2. The standard InChI is InChI=1S/C11H9FO5/c1-17-6-2-3-7(8(12)4-6)9(13)5-10(14)11(15)16/h2-4H,5H2,1H3,(H,15,16). The van der Waals surface area contributed by atoms with Crippen molar-refractivity contribution in [2.75, 3.05) is 7.11 Å². The summed E-state index contributed by atoms with van der Waals surface area (Å²) in [5.41, 5.74) is -0.333. The van der Waals surface area contributed by atoms with E-state index >= 15 is 0 Å². The number of benzene rings is 1. The van der Waals surface area contributed by atoms with Crippen LogP contribution in [0.4, 0.5) is 4.39 Å². The van der Waals surface area contributed by atoms with E-state index in [1.807, 2.05) is 0 Å². The smallest absolute Gasteiger partial charge is 0.372 e. The number of methoxy groups -OCH3 is 1. The minimum atomic E-state index is -1.72. The van der Waals surface area contributed by atoms with Gasteiger partial charge in [-0.2, -0.15) is 0 Å². The van der Waals surface area contributed by atoms with Gasteiger partial charge in [0.2, 0.25) is 5.78 Å². The van der Waals surface area contributed by atoms with Crippen molar-refractivity contribution in [3.8, 4) is 5.75 Å². The van der Waals surface area contributed by atoms with Crippen LogP contribution in [0.2, 0.25) is 0 Å². The van der Waals surface area contributed by atoms with E-state index in [0.29, 0.717) is 0 Å². The van der Waals surface area contributed by atoms with Gasteiger partial charge in [-0.25, -0.2) is 9.18 Å². The molecule has 5 nitrogen and oxygen atoms in total. The Bertz CT molecular complexity index is 481. The SMILES string of the molecule is COc1ccc(C(=O)CC(=O)C(=O)O)c(F)c1. The van der Waals surface area contributed by atoms with Gasteiger partial charge in [0.25, 0.3) is 0 Å². The van der Waals surface area contributed by atoms with Crippen molar-refractivity contribution in [1.29, 1.82) is 0 Å². The first-order chi connectivity index (χ1) is 7.95. The number of halogens is 1. The highest BCUT2D eigenvalue weighted by Crippen LogP contribution is 2.17. The zero-order valence-electron chi connectivity index (χ0n) is 8.90. The summed E-state index contributed by atoms with van der Waals surface area (Å²) in [6.45, 7) is 0. The van der Waals surface area contributed by atoms with Crippen LogP contribution in [-0.4, -0.2) is 29.8 Å². The largest absolute Gasteiger partial charge is 0.497 e. The Kier molecular flexibility index (Phi) is 3.92. The molecular weight excluding hydrogens is 231 g/mol. The second kappa shape index (κ2) is 5.20. The molecule has 0 bridgehead atoms. The molecular formula is C11H9FO5. The first-order valence-electron chi connectivity index (χ1n) is 4.58. The molecule has 1 aromatic carbocycles. The first-order valence-corrected chi connectivity index (χ1v) is 4.58. The molecule has 0 amide bonds. The number of carbonyl (C=O) groups excluding carboxylic acids is 2. The topological polar surface area (TPSA) is 80.7 Å². The maximum Gasteiger partial charge on any atom is 0.372 e. The number of carbonyl (C=O) groups is 3. The van der Waals surface area contributed by atoms with E-state index in [0.717, 1.165) is 12.1 Å². The fourth-order valence-electron chi connectivity index (χ4n) is 1.17. The van der Waals surface area contributed by atoms with E-state index in [9.17, 15) is 18.8 Å². The number of hydrogen-bond donors (Lipinski definition) is 1. The van der Waals surface area contributed by atoms with Crippen molar-refractivity contribution in [3.63, 3.8) is 0 Å². The Labute approximate surface area is 95.8 Å². The predicted octanol–water partition coefficient (Wildman–Crippen LogP) is 1.06. The van der Waals surface area contributed by atoms with Crippen LogP contribution in [0, 0.1) is 5.82 Å². The summed E-state index contributed by atoms with van der Waals surface area (Å²) in [7, 11) is 1.34. The predicted molar refractivity (Wildman–Crippen MR) is 54.5 cm³/mol. The Morgan fingerprint density at radius 3 is 2.47 bits per heavy atom. The van der Waals surface area contributed by atoms with Crippen molar-refractivity contribution >= 4 is 17.5 Å². The molecule has 0 aliphatic carbocycles. The Morgan fingerprint density at radius 1 is 1.35 bits per heavy atom. The van der Waals surface area contributed by atoms with Gasteiger partial charge in [-0.3, -0.25) is 9.59 Å². The van der Waals surface area contributed by atoms with Gasteiger partial charge >= 0.3 is 5.97 Å². The molecule has 0 fully saturated rings. The molecule has 0 aliphatic heterocycles. The normalized spacial score (nSPS) is 9.76. The van der Waals surface area contributed by atoms with Crippen molar-refractivity contribution in [1.82, 2.24) is 0 Å². The molecule has 0 atom stereocenters. The van der Waals surface area contributed by atoms with Crippen LogP contribution in [0.25, 0.3) is 0 Å². The van der Waals surface area contributed by atoms with E-state index < -0.39 is 29.8 Å². The van der Waals surface area contributed by atoms with Gasteiger partial charge in [0.05, 0.1) is 19.1 Å². The Hall–Kier alpha value is -2.24. The average molecular weight is 240 g/mol. The van der Waals surface area contributed by atoms with E-state index in [1.165, 1.54) is 13.2 Å². The summed E-state index contributed by atoms with van der Waals surface area (Å²) in [4.78, 5) is 32.4. The number of carboxylic acids is 1. The fourth-order valence-corrected chi connectivity index (χ4v) is 1.17. The van der Waals surface area contributed by atoms with Gasteiger partial charge in [-0.15, -0.1) is 0 Å². The van der Waals surface area contributed by atoms with Crippen LogP contribution < -0.4 is 4.74 Å². The molecule has 90 valence electrons. The second-order valence-electron chi connectivity index (χ2n) is 3.17. The molecule has 0 aliphatic rings. The molecule has 0 aromatic heterocycles. The van der Waals surface area contributed by atoms with E-state index in [4.69, 9.17) is 9.84 Å². The van der Waals surface area contributed by atoms with Crippen LogP contribution >= 0.6 is 0 Å². The number of hydrogen-bond acceptors (Lipinski definition) is 4. The van der Waals surface area contributed by atoms with Crippen LogP contribution in [0.5, 0.6) is 5.75 Å². The molecule has 0 saturated heterocycles. The summed E-state index contributed by atoms with van der Waals surface area (Å²) in [5.74, 6) is -4.49. The summed E-state index contributed by atoms with van der Waals surface area (Å²) < 4.78 is 18.1. The van der Waals surface area contributed by atoms with Gasteiger partial charge in [-0.05, 0) is 12.1 Å². The zero-order valence-corrected chi connectivity index (χ0v) is 8.90. The lowest BCUT2D eigenvalue weighted by Crippen LogP contribution is -2.17. The summed E-state index contributed by atoms with van der Waals surface area (Å²) in [5, 5.41) is 8.31. The highest BCUT2D eigenvalue weighted by atomic mass is 19.1. The molecule has 0 radical (unpaired) electrons. The first kappa shape index (κ1) is 12.8. The number of rotatable bonds is 5. The van der Waals surface area contributed by atoms with Crippen LogP contribution in [0.15, 0.2) is 18.2 Å². The van der Waals surface area contributed by atoms with Gasteiger partial charge in [0.15, 0.2) is 5.78 Å². The van der Waals surface area contributed by atoms with Crippen molar-refractivity contribution in [2.24, 2.45) is 0 Å². The molecule has 0 spiro atoms. The molecule has 17 heavy (non-hydrogen) atoms. The van der Waals surface area contributed by atoms with E-state index in [1.54, 1.807) is 0 Å². The molecule has 1 N–H and O–H groups in total. The number of ether oxygens (including phenoxy) is 1.